The summed E-state index contributed by atoms with van der Waals surface area (Å²) in [6.07, 6.45) is 3.10. The van der Waals surface area contributed by atoms with Gasteiger partial charge < -0.3 is 16.0 Å². The molecule has 0 unspecified atom stereocenters. The summed E-state index contributed by atoms with van der Waals surface area (Å²) in [7, 11) is 0. The molecule has 114 valence electrons. The maximum atomic E-state index is 12.1. The number of rotatable bonds is 4. The largest absolute Gasteiger partial charge is 0.326 e. The van der Waals surface area contributed by atoms with Crippen LogP contribution in [0.15, 0.2) is 24.3 Å². The fourth-order valence-corrected chi connectivity index (χ4v) is 2.23. The number of piperidine rings is 1. The number of hydrogen-bond acceptors (Lipinski definition) is 3. The second-order valence-corrected chi connectivity index (χ2v) is 5.71. The first-order valence-electron chi connectivity index (χ1n) is 7.51. The second kappa shape index (κ2) is 7.22. The van der Waals surface area contributed by atoms with Gasteiger partial charge in [-0.05, 0) is 43.7 Å². The zero-order valence-corrected chi connectivity index (χ0v) is 12.6. The van der Waals surface area contributed by atoms with Crippen molar-refractivity contribution < 1.29 is 9.59 Å². The molecule has 0 spiro atoms. The van der Waals surface area contributed by atoms with Crippen molar-refractivity contribution in [3.05, 3.63) is 24.3 Å². The van der Waals surface area contributed by atoms with Crippen molar-refractivity contribution >= 4 is 23.2 Å². The van der Waals surface area contributed by atoms with Crippen LogP contribution in [-0.2, 0) is 9.59 Å². The molecule has 1 aliphatic heterocycles. The van der Waals surface area contributed by atoms with Crippen molar-refractivity contribution in [2.24, 2.45) is 5.92 Å². The van der Waals surface area contributed by atoms with Crippen LogP contribution in [0.1, 0.15) is 33.1 Å². The summed E-state index contributed by atoms with van der Waals surface area (Å²) in [6.45, 7) is 4.60. The van der Waals surface area contributed by atoms with Crippen LogP contribution < -0.4 is 16.0 Å². The van der Waals surface area contributed by atoms with Gasteiger partial charge in [-0.2, -0.15) is 0 Å². The molecule has 0 radical (unpaired) electrons. The Morgan fingerprint density at radius 3 is 2.24 bits per heavy atom. The Bertz CT molecular complexity index is 491. The minimum absolute atomic E-state index is 0.00802. The van der Waals surface area contributed by atoms with E-state index >= 15 is 0 Å². The maximum Gasteiger partial charge on any atom is 0.241 e. The Hall–Kier alpha value is -1.88. The molecule has 5 heteroatoms. The van der Waals surface area contributed by atoms with Crippen molar-refractivity contribution in [1.29, 1.82) is 0 Å². The third kappa shape index (κ3) is 4.56. The van der Waals surface area contributed by atoms with E-state index in [1.807, 2.05) is 13.8 Å². The van der Waals surface area contributed by atoms with E-state index in [2.05, 4.69) is 16.0 Å². The van der Waals surface area contributed by atoms with Crippen molar-refractivity contribution in [1.82, 2.24) is 5.32 Å². The van der Waals surface area contributed by atoms with Gasteiger partial charge in [0.1, 0.15) is 0 Å². The van der Waals surface area contributed by atoms with Gasteiger partial charge in [0.25, 0.3) is 0 Å². The molecule has 1 aliphatic rings. The number of hydrogen-bond donors (Lipinski definition) is 3. The number of anilines is 2. The second-order valence-electron chi connectivity index (χ2n) is 5.71. The number of nitrogens with one attached hydrogen (secondary N) is 3. The molecule has 1 saturated heterocycles. The number of carbonyl (C=O) groups excluding carboxylic acids is 2. The molecule has 0 aromatic heterocycles. The molecular formula is C16H23N3O2. The highest BCUT2D eigenvalue weighted by Gasteiger charge is 2.20. The Morgan fingerprint density at radius 2 is 1.71 bits per heavy atom. The van der Waals surface area contributed by atoms with Crippen LogP contribution in [-0.4, -0.2) is 24.4 Å². The molecule has 2 rings (SSSR count). The van der Waals surface area contributed by atoms with E-state index in [0.717, 1.165) is 37.2 Å². The molecule has 1 aromatic carbocycles. The first-order chi connectivity index (χ1) is 10.1. The predicted octanol–water partition coefficient (Wildman–Crippen LogP) is 2.36. The molecule has 1 heterocycles. The molecule has 0 bridgehead atoms. The lowest BCUT2D eigenvalue weighted by Gasteiger charge is -2.22. The van der Waals surface area contributed by atoms with Gasteiger partial charge in [-0.15, -0.1) is 0 Å². The summed E-state index contributed by atoms with van der Waals surface area (Å²) in [6, 6.07) is 7.10. The molecule has 2 amide bonds. The first kappa shape index (κ1) is 15.5. The number of carbonyl (C=O) groups is 2. The lowest BCUT2D eigenvalue weighted by atomic mass is 10.0. The fraction of sp³-hybridized carbons (Fsp3) is 0.500. The summed E-state index contributed by atoms with van der Waals surface area (Å²) in [5, 5.41) is 8.94. The Balaban J connectivity index is 1.89. The van der Waals surface area contributed by atoms with E-state index in [0.29, 0.717) is 0 Å². The average Bonchev–Trinajstić information content (AvgIpc) is 2.50. The normalized spacial score (nSPS) is 18.3. The van der Waals surface area contributed by atoms with Crippen LogP contribution in [0.25, 0.3) is 0 Å². The van der Waals surface area contributed by atoms with E-state index < -0.39 is 0 Å². The minimum Gasteiger partial charge on any atom is -0.326 e. The summed E-state index contributed by atoms with van der Waals surface area (Å²) in [4.78, 5) is 23.7. The molecule has 1 fully saturated rings. The minimum atomic E-state index is -0.0981. The van der Waals surface area contributed by atoms with Crippen molar-refractivity contribution in [3.63, 3.8) is 0 Å². The molecule has 0 aliphatic carbocycles. The average molecular weight is 289 g/mol. The third-order valence-corrected chi connectivity index (χ3v) is 3.57. The predicted molar refractivity (Wildman–Crippen MR) is 84.2 cm³/mol. The van der Waals surface area contributed by atoms with E-state index in [4.69, 9.17) is 0 Å². The van der Waals surface area contributed by atoms with Crippen LogP contribution >= 0.6 is 0 Å². The number of amides is 2. The smallest absolute Gasteiger partial charge is 0.241 e. The Kier molecular flexibility index (Phi) is 5.33. The van der Waals surface area contributed by atoms with Gasteiger partial charge in [0.15, 0.2) is 0 Å². The van der Waals surface area contributed by atoms with Gasteiger partial charge in [-0.1, -0.05) is 20.3 Å². The zero-order chi connectivity index (χ0) is 15.2. The molecule has 21 heavy (non-hydrogen) atoms. The molecule has 3 N–H and O–H groups in total. The topological polar surface area (TPSA) is 70.2 Å². The first-order valence-corrected chi connectivity index (χ1v) is 7.51. The number of benzene rings is 1. The van der Waals surface area contributed by atoms with E-state index in [1.165, 1.54) is 0 Å². The van der Waals surface area contributed by atoms with Gasteiger partial charge >= 0.3 is 0 Å². The monoisotopic (exact) mass is 289 g/mol. The Labute approximate surface area is 125 Å². The SMILES string of the molecule is CC(C)C(=O)Nc1ccc(NC(=O)[C@@H]2CCCCN2)cc1. The lowest BCUT2D eigenvalue weighted by molar-refractivity contribution is -0.119. The van der Waals surface area contributed by atoms with Crippen LogP contribution in [0.2, 0.25) is 0 Å². The highest BCUT2D eigenvalue weighted by atomic mass is 16.2. The summed E-state index contributed by atoms with van der Waals surface area (Å²) >= 11 is 0. The van der Waals surface area contributed by atoms with Crippen molar-refractivity contribution in [2.45, 2.75) is 39.2 Å². The van der Waals surface area contributed by atoms with Crippen LogP contribution in [0.5, 0.6) is 0 Å². The standard InChI is InChI=1S/C16H23N3O2/c1-11(2)15(20)18-12-6-8-13(9-7-12)19-16(21)14-5-3-4-10-17-14/h6-9,11,14,17H,3-5,10H2,1-2H3,(H,18,20)(H,19,21)/t14-/m0/s1. The van der Waals surface area contributed by atoms with Crippen molar-refractivity contribution in [3.8, 4) is 0 Å². The summed E-state index contributed by atoms with van der Waals surface area (Å²) < 4.78 is 0. The summed E-state index contributed by atoms with van der Waals surface area (Å²) in [5.74, 6) is -0.0615. The molecule has 1 aromatic rings. The van der Waals surface area contributed by atoms with E-state index in [1.54, 1.807) is 24.3 Å². The van der Waals surface area contributed by atoms with E-state index in [9.17, 15) is 9.59 Å². The van der Waals surface area contributed by atoms with E-state index in [-0.39, 0.29) is 23.8 Å². The van der Waals surface area contributed by atoms with Gasteiger partial charge in [0.05, 0.1) is 6.04 Å². The molecule has 1 atom stereocenters. The lowest BCUT2D eigenvalue weighted by Crippen LogP contribution is -2.43. The van der Waals surface area contributed by atoms with Gasteiger partial charge in [0.2, 0.25) is 11.8 Å². The summed E-state index contributed by atoms with van der Waals surface area (Å²) in [5.41, 5.74) is 1.48. The third-order valence-electron chi connectivity index (χ3n) is 3.57. The van der Waals surface area contributed by atoms with Gasteiger partial charge in [-0.25, -0.2) is 0 Å². The quantitative estimate of drug-likeness (QED) is 0.797. The highest BCUT2D eigenvalue weighted by molar-refractivity contribution is 5.95. The van der Waals surface area contributed by atoms with Gasteiger partial charge in [0, 0.05) is 17.3 Å². The van der Waals surface area contributed by atoms with Crippen molar-refractivity contribution in [2.75, 3.05) is 17.2 Å². The van der Waals surface area contributed by atoms with Crippen LogP contribution in [0, 0.1) is 5.92 Å². The Morgan fingerprint density at radius 1 is 1.10 bits per heavy atom. The maximum absolute atomic E-state index is 12.1. The zero-order valence-electron chi connectivity index (χ0n) is 12.6. The fourth-order valence-electron chi connectivity index (χ4n) is 2.23. The highest BCUT2D eigenvalue weighted by Crippen LogP contribution is 2.16. The van der Waals surface area contributed by atoms with Gasteiger partial charge in [-0.3, -0.25) is 9.59 Å². The molecular weight excluding hydrogens is 266 g/mol. The molecule has 5 nitrogen and oxygen atoms in total. The molecule has 0 saturated carbocycles. The van der Waals surface area contributed by atoms with Crippen LogP contribution in [0.3, 0.4) is 0 Å². The van der Waals surface area contributed by atoms with Crippen LogP contribution in [0.4, 0.5) is 11.4 Å².